The highest BCUT2D eigenvalue weighted by Crippen LogP contribution is 2.19. The molecule has 0 saturated carbocycles. The Labute approximate surface area is 142 Å². The number of unbranched alkanes of at least 4 members (excludes halogenated alkanes) is 3. The Balaban J connectivity index is 3.48. The fraction of sp³-hybridized carbons (Fsp3) is 1.00. The van der Waals surface area contributed by atoms with Crippen molar-refractivity contribution in [1.29, 1.82) is 0 Å². The van der Waals surface area contributed by atoms with E-state index in [0.717, 1.165) is 17.8 Å². The van der Waals surface area contributed by atoms with Gasteiger partial charge in [0.25, 0.3) is 0 Å². The zero-order chi connectivity index (χ0) is 16.6. The Morgan fingerprint density at radius 3 is 2.05 bits per heavy atom. The normalized spacial score (nSPS) is 14.5. The summed E-state index contributed by atoms with van der Waals surface area (Å²) in [5.41, 5.74) is 0. The van der Waals surface area contributed by atoms with Crippen LogP contribution in [0.4, 0.5) is 0 Å². The maximum absolute atomic E-state index is 3.68. The summed E-state index contributed by atoms with van der Waals surface area (Å²) in [6.45, 7) is 14.2. The van der Waals surface area contributed by atoms with E-state index in [-0.39, 0.29) is 0 Å². The lowest BCUT2D eigenvalue weighted by molar-refractivity contribution is 0.381. The van der Waals surface area contributed by atoms with E-state index in [9.17, 15) is 0 Å². The lowest BCUT2D eigenvalue weighted by atomic mass is 9.93. The summed E-state index contributed by atoms with van der Waals surface area (Å²) in [7, 11) is 0. The van der Waals surface area contributed by atoms with Crippen molar-refractivity contribution in [2.75, 3.05) is 13.1 Å². The van der Waals surface area contributed by atoms with Gasteiger partial charge in [0.2, 0.25) is 0 Å². The molecule has 0 amide bonds. The van der Waals surface area contributed by atoms with Gasteiger partial charge in [0, 0.05) is 0 Å². The quantitative estimate of drug-likeness (QED) is 0.308. The lowest BCUT2D eigenvalue weighted by Gasteiger charge is -2.16. The fourth-order valence-electron chi connectivity index (χ4n) is 3.62. The van der Waals surface area contributed by atoms with Gasteiger partial charge in [0.15, 0.2) is 0 Å². The van der Waals surface area contributed by atoms with Gasteiger partial charge in [-0.05, 0) is 50.1 Å². The molecule has 0 aromatic heterocycles. The predicted molar refractivity (Wildman–Crippen MR) is 102 cm³/mol. The number of nitrogens with one attached hydrogen (secondary N) is 1. The van der Waals surface area contributed by atoms with Crippen LogP contribution < -0.4 is 5.32 Å². The molecule has 0 aliphatic rings. The molecule has 0 aliphatic carbocycles. The minimum Gasteiger partial charge on any atom is -0.317 e. The van der Waals surface area contributed by atoms with Crippen LogP contribution >= 0.6 is 0 Å². The van der Waals surface area contributed by atoms with Crippen molar-refractivity contribution in [3.8, 4) is 0 Å². The third-order valence-electron chi connectivity index (χ3n) is 4.82. The van der Waals surface area contributed by atoms with Crippen LogP contribution in [0.15, 0.2) is 0 Å². The molecule has 134 valence electrons. The molecule has 0 saturated heterocycles. The van der Waals surface area contributed by atoms with Crippen molar-refractivity contribution in [1.82, 2.24) is 5.32 Å². The van der Waals surface area contributed by atoms with Crippen LogP contribution in [0.3, 0.4) is 0 Å². The average molecular weight is 312 g/mol. The molecular weight excluding hydrogens is 266 g/mol. The van der Waals surface area contributed by atoms with Crippen LogP contribution in [0.25, 0.3) is 0 Å². The minimum atomic E-state index is 0.858. The summed E-state index contributed by atoms with van der Waals surface area (Å²) in [4.78, 5) is 0. The fourth-order valence-corrected chi connectivity index (χ4v) is 3.62. The Bertz CT molecular complexity index is 212. The highest BCUT2D eigenvalue weighted by atomic mass is 14.8. The van der Waals surface area contributed by atoms with Gasteiger partial charge in [0.1, 0.15) is 0 Å². The number of hydrogen-bond acceptors (Lipinski definition) is 1. The summed E-state index contributed by atoms with van der Waals surface area (Å²) in [6, 6.07) is 0. The summed E-state index contributed by atoms with van der Waals surface area (Å²) in [6.07, 6.45) is 15.4. The first-order valence-corrected chi connectivity index (χ1v) is 10.3. The SMILES string of the molecule is CCCCCC(CCC)CCNCCCCC(C)CC(C)C. The van der Waals surface area contributed by atoms with Crippen molar-refractivity contribution in [3.05, 3.63) is 0 Å². The van der Waals surface area contributed by atoms with Crippen LogP contribution in [-0.2, 0) is 0 Å². The maximum Gasteiger partial charge on any atom is -0.00463 e. The van der Waals surface area contributed by atoms with E-state index >= 15 is 0 Å². The van der Waals surface area contributed by atoms with Crippen LogP contribution in [0.1, 0.15) is 105 Å². The Morgan fingerprint density at radius 1 is 0.682 bits per heavy atom. The van der Waals surface area contributed by atoms with Crippen LogP contribution in [0.5, 0.6) is 0 Å². The van der Waals surface area contributed by atoms with Gasteiger partial charge >= 0.3 is 0 Å². The van der Waals surface area contributed by atoms with Crippen molar-refractivity contribution in [2.24, 2.45) is 17.8 Å². The average Bonchev–Trinajstić information content (AvgIpc) is 2.45. The third-order valence-corrected chi connectivity index (χ3v) is 4.82. The molecule has 1 nitrogen and oxygen atoms in total. The highest BCUT2D eigenvalue weighted by Gasteiger charge is 2.07. The smallest absolute Gasteiger partial charge is 0.00463 e. The van der Waals surface area contributed by atoms with Crippen LogP contribution in [0, 0.1) is 17.8 Å². The monoisotopic (exact) mass is 311 g/mol. The van der Waals surface area contributed by atoms with E-state index in [0.29, 0.717) is 0 Å². The van der Waals surface area contributed by atoms with Crippen molar-refractivity contribution in [3.63, 3.8) is 0 Å². The van der Waals surface area contributed by atoms with E-state index in [2.05, 4.69) is 39.9 Å². The summed E-state index contributed by atoms with van der Waals surface area (Å²) < 4.78 is 0. The molecule has 0 spiro atoms. The minimum absolute atomic E-state index is 0.858. The second-order valence-electron chi connectivity index (χ2n) is 7.92. The van der Waals surface area contributed by atoms with Gasteiger partial charge in [-0.1, -0.05) is 86.0 Å². The first kappa shape index (κ1) is 22.0. The van der Waals surface area contributed by atoms with E-state index in [1.54, 1.807) is 0 Å². The molecule has 0 rings (SSSR count). The van der Waals surface area contributed by atoms with Crippen LogP contribution in [0.2, 0.25) is 0 Å². The molecule has 22 heavy (non-hydrogen) atoms. The second-order valence-corrected chi connectivity index (χ2v) is 7.92. The number of hydrogen-bond donors (Lipinski definition) is 1. The van der Waals surface area contributed by atoms with Gasteiger partial charge < -0.3 is 5.32 Å². The van der Waals surface area contributed by atoms with E-state index < -0.39 is 0 Å². The molecule has 0 aromatic carbocycles. The summed E-state index contributed by atoms with van der Waals surface area (Å²) in [5, 5.41) is 3.68. The zero-order valence-electron chi connectivity index (χ0n) is 16.4. The van der Waals surface area contributed by atoms with Gasteiger partial charge in [-0.3, -0.25) is 0 Å². The van der Waals surface area contributed by atoms with E-state index in [4.69, 9.17) is 0 Å². The van der Waals surface area contributed by atoms with Crippen LogP contribution in [-0.4, -0.2) is 13.1 Å². The molecular formula is C21H45N. The molecule has 2 atom stereocenters. The number of rotatable bonds is 16. The zero-order valence-corrected chi connectivity index (χ0v) is 16.4. The molecule has 0 aromatic rings. The largest absolute Gasteiger partial charge is 0.317 e. The predicted octanol–water partition coefficient (Wildman–Crippen LogP) is 6.82. The molecule has 0 heterocycles. The highest BCUT2D eigenvalue weighted by molar-refractivity contribution is 4.62. The van der Waals surface area contributed by atoms with Crippen molar-refractivity contribution < 1.29 is 0 Å². The van der Waals surface area contributed by atoms with Gasteiger partial charge in [-0.15, -0.1) is 0 Å². The molecule has 0 aliphatic heterocycles. The van der Waals surface area contributed by atoms with Gasteiger partial charge in [-0.25, -0.2) is 0 Å². The third kappa shape index (κ3) is 14.9. The van der Waals surface area contributed by atoms with Crippen molar-refractivity contribution >= 4 is 0 Å². The van der Waals surface area contributed by atoms with Crippen molar-refractivity contribution in [2.45, 2.75) is 105 Å². The first-order valence-electron chi connectivity index (χ1n) is 10.3. The Hall–Kier alpha value is -0.0400. The standard InChI is InChI=1S/C21H45N/c1-6-8-9-14-21(12-7-2)15-17-22-16-11-10-13-20(5)18-19(3)4/h19-22H,6-18H2,1-5H3. The van der Waals surface area contributed by atoms with E-state index in [1.165, 1.54) is 83.7 Å². The summed E-state index contributed by atoms with van der Waals surface area (Å²) in [5.74, 6) is 2.74. The molecule has 1 heteroatoms. The topological polar surface area (TPSA) is 12.0 Å². The molecule has 0 radical (unpaired) electrons. The molecule has 0 fully saturated rings. The first-order chi connectivity index (χ1) is 10.6. The molecule has 0 bridgehead atoms. The Morgan fingerprint density at radius 2 is 1.41 bits per heavy atom. The summed E-state index contributed by atoms with van der Waals surface area (Å²) >= 11 is 0. The molecule has 2 unspecified atom stereocenters. The maximum atomic E-state index is 3.68. The second kappa shape index (κ2) is 15.8. The van der Waals surface area contributed by atoms with Gasteiger partial charge in [-0.2, -0.15) is 0 Å². The van der Waals surface area contributed by atoms with E-state index in [1.807, 2.05) is 0 Å². The Kier molecular flexibility index (Phi) is 15.8. The molecule has 1 N–H and O–H groups in total. The van der Waals surface area contributed by atoms with Gasteiger partial charge in [0.05, 0.1) is 0 Å². The lowest BCUT2D eigenvalue weighted by Crippen LogP contribution is -2.19.